The van der Waals surface area contributed by atoms with Gasteiger partial charge in [0.25, 0.3) is 0 Å². The molecule has 18 heavy (non-hydrogen) atoms. The Hall–Kier alpha value is -0.480. The van der Waals surface area contributed by atoms with E-state index in [2.05, 4.69) is 18.2 Å². The van der Waals surface area contributed by atoms with Gasteiger partial charge in [0.2, 0.25) is 0 Å². The fraction of sp³-hybridized carbons (Fsp3) is 0.882. The van der Waals surface area contributed by atoms with Gasteiger partial charge in [-0.3, -0.25) is 0 Å². The van der Waals surface area contributed by atoms with Gasteiger partial charge in [0.1, 0.15) is 0 Å². The largest absolute Gasteiger partial charge is 0.317 e. The van der Waals surface area contributed by atoms with Crippen LogP contribution in [0.1, 0.15) is 84.0 Å². The van der Waals surface area contributed by atoms with Crippen molar-refractivity contribution < 1.29 is 0 Å². The summed E-state index contributed by atoms with van der Waals surface area (Å²) in [6, 6.07) is 0.688. The van der Waals surface area contributed by atoms with Gasteiger partial charge >= 0.3 is 0 Å². The molecule has 1 heteroatoms. The van der Waals surface area contributed by atoms with E-state index < -0.39 is 0 Å². The van der Waals surface area contributed by atoms with Crippen molar-refractivity contribution in [3.8, 4) is 12.3 Å². The van der Waals surface area contributed by atoms with Crippen molar-refractivity contribution >= 4 is 0 Å². The maximum absolute atomic E-state index is 5.22. The Morgan fingerprint density at radius 2 is 1.28 bits per heavy atom. The number of hydrogen-bond acceptors (Lipinski definition) is 1. The molecule has 1 N–H and O–H groups in total. The molecule has 106 valence electrons. The maximum Gasteiger partial charge on any atom is 0.00860 e. The smallest absolute Gasteiger partial charge is 0.00860 e. The Morgan fingerprint density at radius 1 is 0.833 bits per heavy atom. The van der Waals surface area contributed by atoms with Gasteiger partial charge in [-0.15, -0.1) is 12.3 Å². The molecular weight excluding hydrogens is 218 g/mol. The minimum atomic E-state index is 0.688. The summed E-state index contributed by atoms with van der Waals surface area (Å²) >= 11 is 0. The van der Waals surface area contributed by atoms with Crippen LogP contribution < -0.4 is 5.32 Å². The molecule has 0 amide bonds. The zero-order valence-electron chi connectivity index (χ0n) is 12.6. The molecule has 0 saturated heterocycles. The van der Waals surface area contributed by atoms with Crippen LogP contribution in [0.3, 0.4) is 0 Å². The molecule has 0 aliphatic carbocycles. The van der Waals surface area contributed by atoms with Crippen molar-refractivity contribution in [2.75, 3.05) is 7.05 Å². The minimum Gasteiger partial charge on any atom is -0.317 e. The topological polar surface area (TPSA) is 12.0 Å². The Morgan fingerprint density at radius 3 is 1.72 bits per heavy atom. The van der Waals surface area contributed by atoms with Crippen molar-refractivity contribution in [2.45, 2.75) is 90.0 Å². The molecule has 0 aliphatic heterocycles. The summed E-state index contributed by atoms with van der Waals surface area (Å²) in [6.45, 7) is 2.26. The minimum absolute atomic E-state index is 0.688. The highest BCUT2D eigenvalue weighted by Gasteiger charge is 1.97. The lowest BCUT2D eigenvalue weighted by molar-refractivity contribution is 0.502. The van der Waals surface area contributed by atoms with Crippen molar-refractivity contribution in [3.63, 3.8) is 0 Å². The predicted octanol–water partition coefficient (Wildman–Crippen LogP) is 4.91. The SMILES string of the molecule is C#CCCCCCCCCCCCCC(C)NC. The van der Waals surface area contributed by atoms with E-state index >= 15 is 0 Å². The van der Waals surface area contributed by atoms with Gasteiger partial charge in [0.05, 0.1) is 0 Å². The Kier molecular flexibility index (Phi) is 14.2. The van der Waals surface area contributed by atoms with Crippen LogP contribution in [0.15, 0.2) is 0 Å². The summed E-state index contributed by atoms with van der Waals surface area (Å²) in [6.07, 6.45) is 21.3. The first-order chi connectivity index (χ1) is 8.81. The first kappa shape index (κ1) is 17.5. The molecule has 0 bridgehead atoms. The average Bonchev–Trinajstić information content (AvgIpc) is 2.39. The molecule has 1 nitrogen and oxygen atoms in total. The van der Waals surface area contributed by atoms with Crippen LogP contribution in [0.4, 0.5) is 0 Å². The highest BCUT2D eigenvalue weighted by Crippen LogP contribution is 2.12. The zero-order valence-corrected chi connectivity index (χ0v) is 12.6. The summed E-state index contributed by atoms with van der Waals surface area (Å²) in [5.41, 5.74) is 0. The lowest BCUT2D eigenvalue weighted by Crippen LogP contribution is -2.20. The first-order valence-electron chi connectivity index (χ1n) is 7.92. The van der Waals surface area contributed by atoms with E-state index in [1.54, 1.807) is 0 Å². The lowest BCUT2D eigenvalue weighted by atomic mass is 10.0. The van der Waals surface area contributed by atoms with Gasteiger partial charge in [-0.05, 0) is 26.8 Å². The van der Waals surface area contributed by atoms with Crippen LogP contribution >= 0.6 is 0 Å². The van der Waals surface area contributed by atoms with Crippen molar-refractivity contribution in [2.24, 2.45) is 0 Å². The molecule has 0 rings (SSSR count). The predicted molar refractivity (Wildman–Crippen MR) is 82.8 cm³/mol. The molecular formula is C17H33N. The van der Waals surface area contributed by atoms with E-state index in [0.29, 0.717) is 6.04 Å². The molecule has 0 aromatic carbocycles. The molecule has 1 atom stereocenters. The van der Waals surface area contributed by atoms with Crippen LogP contribution in [0.2, 0.25) is 0 Å². The summed E-state index contributed by atoms with van der Waals surface area (Å²) in [5.74, 6) is 2.71. The summed E-state index contributed by atoms with van der Waals surface area (Å²) in [4.78, 5) is 0. The number of nitrogens with one attached hydrogen (secondary N) is 1. The van der Waals surface area contributed by atoms with Crippen LogP contribution in [0.25, 0.3) is 0 Å². The molecule has 0 aromatic rings. The second-order valence-electron chi connectivity index (χ2n) is 5.47. The Labute approximate surface area is 115 Å². The number of rotatable bonds is 13. The van der Waals surface area contributed by atoms with Gasteiger partial charge in [-0.2, -0.15) is 0 Å². The third-order valence-electron chi connectivity index (χ3n) is 3.70. The zero-order chi connectivity index (χ0) is 13.5. The second kappa shape index (κ2) is 14.6. The van der Waals surface area contributed by atoms with Gasteiger partial charge in [0, 0.05) is 12.5 Å². The van der Waals surface area contributed by atoms with Crippen LogP contribution in [0, 0.1) is 12.3 Å². The van der Waals surface area contributed by atoms with Crippen molar-refractivity contribution in [1.29, 1.82) is 0 Å². The summed E-state index contributed by atoms with van der Waals surface area (Å²) < 4.78 is 0. The van der Waals surface area contributed by atoms with Gasteiger partial charge in [-0.25, -0.2) is 0 Å². The van der Waals surface area contributed by atoms with E-state index in [4.69, 9.17) is 6.42 Å². The van der Waals surface area contributed by atoms with Crippen molar-refractivity contribution in [3.05, 3.63) is 0 Å². The van der Waals surface area contributed by atoms with Crippen LogP contribution in [-0.4, -0.2) is 13.1 Å². The van der Waals surface area contributed by atoms with Crippen LogP contribution in [0.5, 0.6) is 0 Å². The van der Waals surface area contributed by atoms with E-state index in [1.165, 1.54) is 70.6 Å². The number of unbranched alkanes of at least 4 members (excludes halogenated alkanes) is 10. The molecule has 0 heterocycles. The molecule has 0 aliphatic rings. The standard InChI is InChI=1S/C17H33N/c1-4-5-6-7-8-9-10-11-12-13-14-15-16-17(2)18-3/h1,17-18H,5-16H2,2-3H3. The molecule has 0 saturated carbocycles. The molecule has 0 spiro atoms. The number of terminal acetylenes is 1. The monoisotopic (exact) mass is 251 g/mol. The quantitative estimate of drug-likeness (QED) is 0.362. The Balaban J connectivity index is 2.97. The highest BCUT2D eigenvalue weighted by molar-refractivity contribution is 4.82. The fourth-order valence-electron chi connectivity index (χ4n) is 2.24. The van der Waals surface area contributed by atoms with E-state index in [9.17, 15) is 0 Å². The summed E-state index contributed by atoms with van der Waals surface area (Å²) in [7, 11) is 2.05. The lowest BCUT2D eigenvalue weighted by Gasteiger charge is -2.09. The fourth-order valence-corrected chi connectivity index (χ4v) is 2.24. The third-order valence-corrected chi connectivity index (χ3v) is 3.70. The molecule has 0 fully saturated rings. The van der Waals surface area contributed by atoms with Gasteiger partial charge in [-0.1, -0.05) is 57.8 Å². The third kappa shape index (κ3) is 13.6. The molecule has 1 unspecified atom stereocenters. The number of hydrogen-bond donors (Lipinski definition) is 1. The van der Waals surface area contributed by atoms with Gasteiger partial charge < -0.3 is 5.32 Å². The second-order valence-corrected chi connectivity index (χ2v) is 5.47. The van der Waals surface area contributed by atoms with E-state index in [-0.39, 0.29) is 0 Å². The van der Waals surface area contributed by atoms with Crippen molar-refractivity contribution in [1.82, 2.24) is 5.32 Å². The maximum atomic E-state index is 5.22. The molecule has 0 radical (unpaired) electrons. The normalized spacial score (nSPS) is 12.3. The van der Waals surface area contributed by atoms with Gasteiger partial charge in [0.15, 0.2) is 0 Å². The Bertz CT molecular complexity index is 192. The van der Waals surface area contributed by atoms with E-state index in [0.717, 1.165) is 6.42 Å². The highest BCUT2D eigenvalue weighted by atomic mass is 14.8. The van der Waals surface area contributed by atoms with E-state index in [1.807, 2.05) is 7.05 Å². The average molecular weight is 251 g/mol. The van der Waals surface area contributed by atoms with Crippen LogP contribution in [-0.2, 0) is 0 Å². The summed E-state index contributed by atoms with van der Waals surface area (Å²) in [5, 5.41) is 3.29. The first-order valence-corrected chi connectivity index (χ1v) is 7.92. The molecule has 0 aromatic heterocycles.